The Bertz CT molecular complexity index is 363. The molecule has 1 saturated carbocycles. The summed E-state index contributed by atoms with van der Waals surface area (Å²) in [6.45, 7) is 0. The smallest absolute Gasteiger partial charge is 0.328 e. The molecular weight excluding hydrogens is 178 g/mol. The zero-order valence-corrected chi connectivity index (χ0v) is 7.68. The van der Waals surface area contributed by atoms with Gasteiger partial charge in [-0.1, -0.05) is 6.07 Å². The van der Waals surface area contributed by atoms with Crippen molar-refractivity contribution in [3.8, 4) is 0 Å². The molecule has 2 rings (SSSR count). The Labute approximate surface area is 82.1 Å². The van der Waals surface area contributed by atoms with Crippen LogP contribution in [0.25, 0.3) is 6.08 Å². The van der Waals surface area contributed by atoms with Crippen molar-refractivity contribution in [2.45, 2.75) is 18.8 Å². The molecule has 72 valence electrons. The first-order valence-electron chi connectivity index (χ1n) is 4.62. The summed E-state index contributed by atoms with van der Waals surface area (Å²) in [4.78, 5) is 14.5. The van der Waals surface area contributed by atoms with E-state index in [1.54, 1.807) is 12.3 Å². The number of aliphatic carboxylic acids is 1. The van der Waals surface area contributed by atoms with Crippen molar-refractivity contribution >= 4 is 12.0 Å². The summed E-state index contributed by atoms with van der Waals surface area (Å²) in [6, 6.07) is 3.87. The van der Waals surface area contributed by atoms with Gasteiger partial charge in [0.1, 0.15) is 0 Å². The summed E-state index contributed by atoms with van der Waals surface area (Å²) < 4.78 is 0. The molecule has 1 N–H and O–H groups in total. The quantitative estimate of drug-likeness (QED) is 0.740. The second-order valence-electron chi connectivity index (χ2n) is 3.46. The Hall–Kier alpha value is -1.64. The topological polar surface area (TPSA) is 50.2 Å². The lowest BCUT2D eigenvalue weighted by Crippen LogP contribution is -1.88. The van der Waals surface area contributed by atoms with E-state index in [0.717, 1.165) is 17.3 Å². The highest BCUT2D eigenvalue weighted by molar-refractivity contribution is 5.85. The lowest BCUT2D eigenvalue weighted by Gasteiger charge is -1.96. The second kappa shape index (κ2) is 3.62. The minimum atomic E-state index is -0.934. The molecule has 14 heavy (non-hydrogen) atoms. The van der Waals surface area contributed by atoms with E-state index in [9.17, 15) is 4.79 Å². The van der Waals surface area contributed by atoms with Gasteiger partial charge in [-0.05, 0) is 30.5 Å². The van der Waals surface area contributed by atoms with E-state index in [2.05, 4.69) is 4.98 Å². The van der Waals surface area contributed by atoms with Crippen molar-refractivity contribution in [3.63, 3.8) is 0 Å². The highest BCUT2D eigenvalue weighted by Crippen LogP contribution is 2.38. The number of carboxylic acid groups (broad SMARTS) is 1. The first-order valence-corrected chi connectivity index (χ1v) is 4.62. The van der Waals surface area contributed by atoms with Gasteiger partial charge in [0.05, 0.1) is 0 Å². The van der Waals surface area contributed by atoms with Crippen LogP contribution in [-0.2, 0) is 4.79 Å². The zero-order valence-electron chi connectivity index (χ0n) is 7.68. The van der Waals surface area contributed by atoms with E-state index < -0.39 is 5.97 Å². The largest absolute Gasteiger partial charge is 0.478 e. The fourth-order valence-electron chi connectivity index (χ4n) is 1.30. The molecule has 0 aliphatic heterocycles. The molecule has 1 aromatic heterocycles. The summed E-state index contributed by atoms with van der Waals surface area (Å²) in [5, 5.41) is 8.42. The molecule has 0 aromatic carbocycles. The van der Waals surface area contributed by atoms with Crippen LogP contribution in [0.1, 0.15) is 30.0 Å². The summed E-state index contributed by atoms with van der Waals surface area (Å²) in [5.41, 5.74) is 1.95. The zero-order chi connectivity index (χ0) is 9.97. The van der Waals surface area contributed by atoms with Gasteiger partial charge >= 0.3 is 5.97 Å². The predicted molar refractivity (Wildman–Crippen MR) is 52.9 cm³/mol. The highest BCUT2D eigenvalue weighted by atomic mass is 16.4. The number of carboxylic acids is 1. The number of aromatic nitrogens is 1. The second-order valence-corrected chi connectivity index (χ2v) is 3.46. The van der Waals surface area contributed by atoms with Crippen LogP contribution in [0.5, 0.6) is 0 Å². The van der Waals surface area contributed by atoms with Crippen LogP contribution in [0.3, 0.4) is 0 Å². The van der Waals surface area contributed by atoms with Crippen LogP contribution in [0.2, 0.25) is 0 Å². The first-order chi connectivity index (χ1) is 6.75. The molecule has 0 amide bonds. The number of pyridine rings is 1. The maximum absolute atomic E-state index is 10.3. The van der Waals surface area contributed by atoms with E-state index in [-0.39, 0.29) is 0 Å². The van der Waals surface area contributed by atoms with E-state index >= 15 is 0 Å². The third-order valence-corrected chi connectivity index (χ3v) is 2.22. The van der Waals surface area contributed by atoms with Crippen molar-refractivity contribution in [2.75, 3.05) is 0 Å². The van der Waals surface area contributed by atoms with Gasteiger partial charge < -0.3 is 5.11 Å². The molecule has 1 aromatic rings. The fourth-order valence-corrected chi connectivity index (χ4v) is 1.30. The maximum Gasteiger partial charge on any atom is 0.328 e. The van der Waals surface area contributed by atoms with Crippen molar-refractivity contribution < 1.29 is 9.90 Å². The molecule has 1 fully saturated rings. The molecule has 0 bridgehead atoms. The summed E-state index contributed by atoms with van der Waals surface area (Å²) in [6.07, 6.45) is 6.85. The van der Waals surface area contributed by atoms with Crippen LogP contribution >= 0.6 is 0 Å². The van der Waals surface area contributed by atoms with Crippen LogP contribution in [0.15, 0.2) is 24.4 Å². The standard InChI is InChI=1S/C11H11NO2/c13-11(14)6-2-8-1-5-10(12-7-8)9-3-4-9/h1-2,5-7,9H,3-4H2,(H,13,14)/b6-2+. The molecule has 1 heterocycles. The molecule has 0 saturated heterocycles. The Balaban J connectivity index is 2.09. The van der Waals surface area contributed by atoms with Crippen molar-refractivity contribution in [2.24, 2.45) is 0 Å². The van der Waals surface area contributed by atoms with Crippen LogP contribution in [0, 0.1) is 0 Å². The van der Waals surface area contributed by atoms with Crippen LogP contribution < -0.4 is 0 Å². The van der Waals surface area contributed by atoms with Gasteiger partial charge in [0, 0.05) is 23.9 Å². The Morgan fingerprint density at radius 1 is 1.50 bits per heavy atom. The first kappa shape index (κ1) is 8.94. The van der Waals surface area contributed by atoms with Gasteiger partial charge in [0.2, 0.25) is 0 Å². The Kier molecular flexibility index (Phi) is 2.31. The SMILES string of the molecule is O=C(O)/C=C/c1ccc(C2CC2)nc1. The maximum atomic E-state index is 10.3. The fraction of sp³-hybridized carbons (Fsp3) is 0.273. The van der Waals surface area contributed by atoms with E-state index in [4.69, 9.17) is 5.11 Å². The normalized spacial score (nSPS) is 16.0. The van der Waals surface area contributed by atoms with Crippen LogP contribution in [-0.4, -0.2) is 16.1 Å². The number of carbonyl (C=O) groups is 1. The predicted octanol–water partition coefficient (Wildman–Crippen LogP) is 2.06. The average molecular weight is 189 g/mol. The van der Waals surface area contributed by atoms with Gasteiger partial charge in [-0.25, -0.2) is 4.79 Å². The van der Waals surface area contributed by atoms with Crippen LogP contribution in [0.4, 0.5) is 0 Å². The minimum Gasteiger partial charge on any atom is -0.478 e. The van der Waals surface area contributed by atoms with Gasteiger partial charge in [-0.2, -0.15) is 0 Å². The van der Waals surface area contributed by atoms with E-state index in [1.807, 2.05) is 12.1 Å². The summed E-state index contributed by atoms with van der Waals surface area (Å²) >= 11 is 0. The van der Waals surface area contributed by atoms with E-state index in [0.29, 0.717) is 5.92 Å². The monoisotopic (exact) mass is 189 g/mol. The van der Waals surface area contributed by atoms with Gasteiger partial charge in [0.15, 0.2) is 0 Å². The molecule has 1 aliphatic carbocycles. The number of hydrogen-bond donors (Lipinski definition) is 1. The number of nitrogens with zero attached hydrogens (tertiary/aromatic N) is 1. The van der Waals surface area contributed by atoms with Gasteiger partial charge in [-0.15, -0.1) is 0 Å². The molecule has 0 radical (unpaired) electrons. The minimum absolute atomic E-state index is 0.646. The van der Waals surface area contributed by atoms with Gasteiger partial charge in [-0.3, -0.25) is 4.98 Å². The molecule has 0 unspecified atom stereocenters. The molecule has 1 aliphatic rings. The lowest BCUT2D eigenvalue weighted by atomic mass is 10.2. The molecule has 0 spiro atoms. The number of rotatable bonds is 3. The van der Waals surface area contributed by atoms with Crippen molar-refractivity contribution in [1.82, 2.24) is 4.98 Å². The Morgan fingerprint density at radius 2 is 2.29 bits per heavy atom. The van der Waals surface area contributed by atoms with Gasteiger partial charge in [0.25, 0.3) is 0 Å². The molecular formula is C11H11NO2. The molecule has 3 heteroatoms. The summed E-state index contributed by atoms with van der Waals surface area (Å²) in [7, 11) is 0. The lowest BCUT2D eigenvalue weighted by molar-refractivity contribution is -0.131. The van der Waals surface area contributed by atoms with Crippen molar-refractivity contribution in [1.29, 1.82) is 0 Å². The van der Waals surface area contributed by atoms with E-state index in [1.165, 1.54) is 12.8 Å². The molecule has 0 atom stereocenters. The third-order valence-electron chi connectivity index (χ3n) is 2.22. The molecule has 3 nitrogen and oxygen atoms in total. The summed E-state index contributed by atoms with van der Waals surface area (Å²) in [5.74, 6) is -0.288. The Morgan fingerprint density at radius 3 is 2.79 bits per heavy atom. The third kappa shape index (κ3) is 2.19. The van der Waals surface area contributed by atoms with Crippen molar-refractivity contribution in [3.05, 3.63) is 35.7 Å². The average Bonchev–Trinajstić information content (AvgIpc) is 2.99. The highest BCUT2D eigenvalue weighted by Gasteiger charge is 2.24. The number of hydrogen-bond acceptors (Lipinski definition) is 2.